The summed E-state index contributed by atoms with van der Waals surface area (Å²) in [5, 5.41) is 7.89. The summed E-state index contributed by atoms with van der Waals surface area (Å²) in [6.45, 7) is 1.24. The highest BCUT2D eigenvalue weighted by atomic mass is 35.5. The van der Waals surface area contributed by atoms with Crippen LogP contribution in [0.4, 0.5) is 11.6 Å². The lowest BCUT2D eigenvalue weighted by molar-refractivity contribution is 0.183. The predicted molar refractivity (Wildman–Crippen MR) is 96.4 cm³/mol. The first-order valence-corrected chi connectivity index (χ1v) is 8.03. The van der Waals surface area contributed by atoms with Crippen molar-refractivity contribution in [1.29, 1.82) is 0 Å². The summed E-state index contributed by atoms with van der Waals surface area (Å²) >= 11 is 6.27. The largest absolute Gasteiger partial charge is 0.495 e. The van der Waals surface area contributed by atoms with Gasteiger partial charge in [0, 0.05) is 18.9 Å². The van der Waals surface area contributed by atoms with Gasteiger partial charge in [-0.15, -0.1) is 0 Å². The zero-order chi connectivity index (χ0) is 17.6. The van der Waals surface area contributed by atoms with E-state index in [1.54, 1.807) is 31.3 Å². The van der Waals surface area contributed by atoms with Crippen molar-refractivity contribution in [2.45, 2.75) is 6.54 Å². The molecule has 0 atom stereocenters. The highest BCUT2D eigenvalue weighted by Crippen LogP contribution is 2.29. The Morgan fingerprint density at radius 3 is 2.84 bits per heavy atom. The van der Waals surface area contributed by atoms with Gasteiger partial charge in [-0.2, -0.15) is 5.10 Å². The van der Waals surface area contributed by atoms with Gasteiger partial charge in [0.25, 0.3) is 0 Å². The van der Waals surface area contributed by atoms with Crippen molar-refractivity contribution in [3.63, 3.8) is 0 Å². The normalized spacial score (nSPS) is 10.7. The van der Waals surface area contributed by atoms with Crippen LogP contribution in [-0.2, 0) is 11.3 Å². The lowest BCUT2D eigenvalue weighted by Crippen LogP contribution is -2.04. The van der Waals surface area contributed by atoms with Gasteiger partial charge >= 0.3 is 0 Å². The number of para-hydroxylation sites is 2. The van der Waals surface area contributed by atoms with Crippen LogP contribution >= 0.6 is 11.6 Å². The number of hydrogen-bond acceptors (Lipinski definition) is 6. The second-order valence-corrected chi connectivity index (χ2v) is 5.61. The second-order valence-electron chi connectivity index (χ2n) is 5.20. The molecule has 0 unspecified atom stereocenters. The molecule has 0 aliphatic heterocycles. The molecule has 0 saturated heterocycles. The van der Waals surface area contributed by atoms with Gasteiger partial charge in [0.1, 0.15) is 5.75 Å². The summed E-state index contributed by atoms with van der Waals surface area (Å²) in [5.74, 6) is 1.13. The highest BCUT2D eigenvalue weighted by molar-refractivity contribution is 6.32. The van der Waals surface area contributed by atoms with E-state index in [4.69, 9.17) is 21.1 Å². The van der Waals surface area contributed by atoms with E-state index in [1.807, 2.05) is 30.5 Å². The molecule has 0 amide bonds. The van der Waals surface area contributed by atoms with E-state index in [9.17, 15) is 0 Å². The highest BCUT2D eigenvalue weighted by Gasteiger charge is 2.12. The topological polar surface area (TPSA) is 74.1 Å². The van der Waals surface area contributed by atoms with E-state index < -0.39 is 0 Å². The average molecular weight is 360 g/mol. The molecule has 7 nitrogen and oxygen atoms in total. The van der Waals surface area contributed by atoms with Crippen LogP contribution in [0.5, 0.6) is 5.75 Å². The zero-order valence-corrected chi connectivity index (χ0v) is 14.7. The molecule has 25 heavy (non-hydrogen) atoms. The Balaban J connectivity index is 1.86. The first kappa shape index (κ1) is 17.2. The van der Waals surface area contributed by atoms with E-state index in [0.717, 1.165) is 11.3 Å². The number of nitrogens with zero attached hydrogens (tertiary/aromatic N) is 4. The average Bonchev–Trinajstić information content (AvgIpc) is 3.10. The van der Waals surface area contributed by atoms with Crippen molar-refractivity contribution < 1.29 is 9.47 Å². The molecule has 0 aliphatic rings. The van der Waals surface area contributed by atoms with Crippen LogP contribution in [0.25, 0.3) is 11.3 Å². The third-order valence-electron chi connectivity index (χ3n) is 3.53. The van der Waals surface area contributed by atoms with Crippen molar-refractivity contribution in [3.05, 3.63) is 47.9 Å². The number of methoxy groups -OCH3 is 2. The van der Waals surface area contributed by atoms with Gasteiger partial charge < -0.3 is 14.8 Å². The molecule has 3 aromatic rings. The maximum absolute atomic E-state index is 6.27. The summed E-state index contributed by atoms with van der Waals surface area (Å²) in [5.41, 5.74) is 2.19. The number of ether oxygens (including phenoxy) is 2. The van der Waals surface area contributed by atoms with Gasteiger partial charge in [0.2, 0.25) is 5.95 Å². The van der Waals surface area contributed by atoms with E-state index in [1.165, 1.54) is 0 Å². The molecular formula is C17H18ClN5O2. The molecule has 2 aromatic heterocycles. The Morgan fingerprint density at radius 1 is 1.20 bits per heavy atom. The molecule has 3 rings (SSSR count). The van der Waals surface area contributed by atoms with Crippen LogP contribution < -0.4 is 10.1 Å². The van der Waals surface area contributed by atoms with Gasteiger partial charge in [-0.05, 0) is 12.1 Å². The van der Waals surface area contributed by atoms with Crippen molar-refractivity contribution in [3.8, 4) is 17.0 Å². The minimum atomic E-state index is 0.425. The molecule has 1 N–H and O–H groups in total. The maximum Gasteiger partial charge on any atom is 0.227 e. The van der Waals surface area contributed by atoms with E-state index in [-0.39, 0.29) is 0 Å². The van der Waals surface area contributed by atoms with Crippen molar-refractivity contribution in [1.82, 2.24) is 19.7 Å². The van der Waals surface area contributed by atoms with Crippen molar-refractivity contribution in [2.75, 3.05) is 26.1 Å². The molecule has 0 saturated carbocycles. The summed E-state index contributed by atoms with van der Waals surface area (Å²) in [6, 6.07) is 7.55. The van der Waals surface area contributed by atoms with Crippen LogP contribution in [0.15, 0.2) is 42.9 Å². The minimum Gasteiger partial charge on any atom is -0.495 e. The third kappa shape index (κ3) is 4.07. The molecule has 0 aliphatic carbocycles. The summed E-state index contributed by atoms with van der Waals surface area (Å²) in [7, 11) is 3.27. The van der Waals surface area contributed by atoms with Crippen molar-refractivity contribution in [2.24, 2.45) is 0 Å². The molecule has 8 heteroatoms. The molecule has 1 aromatic carbocycles. The molecule has 0 spiro atoms. The fourth-order valence-electron chi connectivity index (χ4n) is 2.29. The Labute approximate surface area is 150 Å². The number of rotatable bonds is 7. The number of anilines is 2. The van der Waals surface area contributed by atoms with Gasteiger partial charge in [-0.3, -0.25) is 4.68 Å². The van der Waals surface area contributed by atoms with E-state index in [0.29, 0.717) is 35.6 Å². The first-order valence-electron chi connectivity index (χ1n) is 7.65. The standard InChI is InChI=1S/C17H18ClN5O2/c1-24-8-7-23-11-12(9-20-23)16-13(18)10-19-17(22-16)21-14-5-3-4-6-15(14)25-2/h3-6,9-11H,7-8H2,1-2H3,(H,19,21,22). The van der Waals surface area contributed by atoms with Gasteiger partial charge in [0.05, 0.1) is 49.1 Å². The summed E-state index contributed by atoms with van der Waals surface area (Å²) in [6.07, 6.45) is 5.16. The fraction of sp³-hybridized carbons (Fsp3) is 0.235. The van der Waals surface area contributed by atoms with E-state index >= 15 is 0 Å². The van der Waals surface area contributed by atoms with Gasteiger partial charge in [0.15, 0.2) is 0 Å². The second kappa shape index (κ2) is 7.96. The van der Waals surface area contributed by atoms with Crippen LogP contribution in [0.2, 0.25) is 5.02 Å². The number of aromatic nitrogens is 4. The number of hydrogen-bond donors (Lipinski definition) is 1. The summed E-state index contributed by atoms with van der Waals surface area (Å²) < 4.78 is 12.2. The van der Waals surface area contributed by atoms with Crippen LogP contribution in [0.1, 0.15) is 0 Å². The van der Waals surface area contributed by atoms with Crippen LogP contribution in [0, 0.1) is 0 Å². The number of benzene rings is 1. The molecular weight excluding hydrogens is 342 g/mol. The fourth-order valence-corrected chi connectivity index (χ4v) is 2.49. The monoisotopic (exact) mass is 359 g/mol. The quantitative estimate of drug-likeness (QED) is 0.697. The SMILES string of the molecule is COCCn1cc(-c2nc(Nc3ccccc3OC)ncc2Cl)cn1. The Morgan fingerprint density at radius 2 is 2.04 bits per heavy atom. The smallest absolute Gasteiger partial charge is 0.227 e. The Bertz CT molecular complexity index is 853. The molecule has 130 valence electrons. The predicted octanol–water partition coefficient (Wildman–Crippen LogP) is 3.39. The summed E-state index contributed by atoms with van der Waals surface area (Å²) in [4.78, 5) is 8.75. The van der Waals surface area contributed by atoms with Crippen LogP contribution in [-0.4, -0.2) is 40.6 Å². The number of nitrogens with one attached hydrogen (secondary N) is 1. The zero-order valence-electron chi connectivity index (χ0n) is 13.9. The lowest BCUT2D eigenvalue weighted by Gasteiger charge is -2.10. The Kier molecular flexibility index (Phi) is 5.47. The minimum absolute atomic E-state index is 0.425. The van der Waals surface area contributed by atoms with Crippen LogP contribution in [0.3, 0.4) is 0 Å². The van der Waals surface area contributed by atoms with Gasteiger partial charge in [-0.25, -0.2) is 9.97 Å². The van der Waals surface area contributed by atoms with E-state index in [2.05, 4.69) is 20.4 Å². The number of halogens is 1. The molecule has 0 radical (unpaired) electrons. The molecule has 0 bridgehead atoms. The maximum atomic E-state index is 6.27. The van der Waals surface area contributed by atoms with Crippen molar-refractivity contribution >= 4 is 23.2 Å². The molecule has 0 fully saturated rings. The molecule has 2 heterocycles. The van der Waals surface area contributed by atoms with Gasteiger partial charge in [-0.1, -0.05) is 23.7 Å². The lowest BCUT2D eigenvalue weighted by atomic mass is 10.2. The first-order chi connectivity index (χ1) is 12.2. The third-order valence-corrected chi connectivity index (χ3v) is 3.81. The Hall–Kier alpha value is -2.64.